The third-order valence-electron chi connectivity index (χ3n) is 4.86. The molecule has 0 saturated heterocycles. The molecule has 0 aliphatic rings. The van der Waals surface area contributed by atoms with Crippen molar-refractivity contribution in [2.24, 2.45) is 0 Å². The summed E-state index contributed by atoms with van der Waals surface area (Å²) < 4.78 is 0. The van der Waals surface area contributed by atoms with E-state index in [2.05, 4.69) is 67.7 Å². The van der Waals surface area contributed by atoms with Crippen LogP contribution in [0.2, 0.25) is 0 Å². The molecular formula is C24H28NOP. The maximum atomic E-state index is 11.0. The van der Waals surface area contributed by atoms with Crippen LogP contribution in [0.15, 0.2) is 72.8 Å². The van der Waals surface area contributed by atoms with E-state index in [1.807, 2.05) is 31.3 Å². The first kappa shape index (κ1) is 19.6. The van der Waals surface area contributed by atoms with Gasteiger partial charge in [-0.1, -0.05) is 95.2 Å². The molecule has 1 unspecified atom stereocenters. The van der Waals surface area contributed by atoms with Crippen molar-refractivity contribution < 1.29 is 5.11 Å². The summed E-state index contributed by atoms with van der Waals surface area (Å²) in [5.74, 6) is 0.435. The molecule has 0 radical (unpaired) electrons. The van der Waals surface area contributed by atoms with E-state index >= 15 is 0 Å². The third kappa shape index (κ3) is 4.77. The van der Waals surface area contributed by atoms with Gasteiger partial charge in [0, 0.05) is 23.7 Å². The Morgan fingerprint density at radius 1 is 0.852 bits per heavy atom. The van der Waals surface area contributed by atoms with Crippen molar-refractivity contribution >= 4 is 13.9 Å². The minimum atomic E-state index is -0.138. The molecule has 0 aliphatic carbocycles. The van der Waals surface area contributed by atoms with Gasteiger partial charge in [0.2, 0.25) is 0 Å². The molecule has 140 valence electrons. The highest BCUT2D eigenvalue weighted by atomic mass is 31.1. The molecule has 0 bridgehead atoms. The monoisotopic (exact) mass is 377 g/mol. The van der Waals surface area contributed by atoms with Crippen LogP contribution in [0.25, 0.3) is 0 Å². The standard InChI is InChI=1S/C24H28NOP/c1-24(2,27-22-15-8-7-12-20(22)17-25-3)21-14-9-13-19(23(21)26)16-18-10-5-4-6-11-18/h4-15,25-27H,16-17H2,1-3H3. The summed E-state index contributed by atoms with van der Waals surface area (Å²) in [6.45, 7) is 5.31. The number of hydrogen-bond donors (Lipinski definition) is 2. The highest BCUT2D eigenvalue weighted by Crippen LogP contribution is 2.45. The molecule has 1 atom stereocenters. The van der Waals surface area contributed by atoms with Gasteiger partial charge in [-0.25, -0.2) is 0 Å². The van der Waals surface area contributed by atoms with Crippen molar-refractivity contribution in [3.63, 3.8) is 0 Å². The molecule has 0 aliphatic heterocycles. The lowest BCUT2D eigenvalue weighted by Gasteiger charge is -2.28. The van der Waals surface area contributed by atoms with Crippen LogP contribution in [0.1, 0.15) is 36.1 Å². The smallest absolute Gasteiger partial charge is 0.123 e. The normalized spacial score (nSPS) is 12.0. The second-order valence-corrected chi connectivity index (χ2v) is 9.45. The highest BCUT2D eigenvalue weighted by Gasteiger charge is 2.26. The van der Waals surface area contributed by atoms with Gasteiger partial charge in [-0.3, -0.25) is 0 Å². The van der Waals surface area contributed by atoms with Crippen molar-refractivity contribution in [1.82, 2.24) is 5.32 Å². The molecule has 0 spiro atoms. The average molecular weight is 377 g/mol. The van der Waals surface area contributed by atoms with Crippen LogP contribution in [0.3, 0.4) is 0 Å². The molecule has 0 fully saturated rings. The largest absolute Gasteiger partial charge is 0.507 e. The minimum absolute atomic E-state index is 0.138. The lowest BCUT2D eigenvalue weighted by molar-refractivity contribution is 0.456. The van der Waals surface area contributed by atoms with Crippen molar-refractivity contribution in [2.45, 2.75) is 32.0 Å². The molecule has 0 saturated carbocycles. The summed E-state index contributed by atoms with van der Waals surface area (Å²) in [6, 6.07) is 25.1. The molecule has 27 heavy (non-hydrogen) atoms. The summed E-state index contributed by atoms with van der Waals surface area (Å²) in [5.41, 5.74) is 4.55. The van der Waals surface area contributed by atoms with Gasteiger partial charge in [-0.2, -0.15) is 0 Å². The molecule has 3 rings (SSSR count). The number of nitrogens with one attached hydrogen (secondary N) is 1. The Morgan fingerprint density at radius 2 is 1.52 bits per heavy atom. The molecular weight excluding hydrogens is 349 g/mol. The van der Waals surface area contributed by atoms with Crippen molar-refractivity contribution in [3.8, 4) is 5.75 Å². The second kappa shape index (κ2) is 8.69. The number of phenols is 1. The Kier molecular flexibility index (Phi) is 6.31. The van der Waals surface area contributed by atoms with Crippen LogP contribution in [0, 0.1) is 0 Å². The quantitative estimate of drug-likeness (QED) is 0.572. The van der Waals surface area contributed by atoms with Crippen molar-refractivity contribution in [2.75, 3.05) is 7.05 Å². The molecule has 0 amide bonds. The third-order valence-corrected chi connectivity index (χ3v) is 6.51. The lowest BCUT2D eigenvalue weighted by Crippen LogP contribution is -2.19. The zero-order chi connectivity index (χ0) is 19.3. The van der Waals surface area contributed by atoms with E-state index in [-0.39, 0.29) is 5.16 Å². The fourth-order valence-corrected chi connectivity index (χ4v) is 4.97. The number of benzene rings is 3. The fourth-order valence-electron chi connectivity index (χ4n) is 3.44. The van der Waals surface area contributed by atoms with Crippen LogP contribution in [-0.4, -0.2) is 12.2 Å². The van der Waals surface area contributed by atoms with Crippen LogP contribution in [-0.2, 0) is 18.1 Å². The molecule has 2 nitrogen and oxygen atoms in total. The van der Waals surface area contributed by atoms with Gasteiger partial charge in [-0.15, -0.1) is 0 Å². The zero-order valence-corrected chi connectivity index (χ0v) is 17.3. The summed E-state index contributed by atoms with van der Waals surface area (Å²) in [5, 5.41) is 15.5. The first-order chi connectivity index (χ1) is 13.0. The first-order valence-corrected chi connectivity index (χ1v) is 10.4. The minimum Gasteiger partial charge on any atom is -0.507 e. The van der Waals surface area contributed by atoms with Gasteiger partial charge >= 0.3 is 0 Å². The van der Waals surface area contributed by atoms with E-state index in [0.717, 1.165) is 24.1 Å². The molecule has 3 aromatic rings. The van der Waals surface area contributed by atoms with Crippen LogP contribution in [0.4, 0.5) is 0 Å². The van der Waals surface area contributed by atoms with Gasteiger partial charge in [0.15, 0.2) is 0 Å². The molecule has 0 heterocycles. The molecule has 3 aromatic carbocycles. The first-order valence-electron chi connectivity index (χ1n) is 9.37. The maximum absolute atomic E-state index is 11.0. The SMILES string of the molecule is CNCc1ccccc1PC(C)(C)c1cccc(Cc2ccccc2)c1O. The van der Waals surface area contributed by atoms with Crippen LogP contribution >= 0.6 is 8.58 Å². The van der Waals surface area contributed by atoms with Crippen LogP contribution in [0.5, 0.6) is 5.75 Å². The number of rotatable bonds is 7. The van der Waals surface area contributed by atoms with Gasteiger partial charge < -0.3 is 10.4 Å². The van der Waals surface area contributed by atoms with E-state index in [4.69, 9.17) is 0 Å². The van der Waals surface area contributed by atoms with Gasteiger partial charge in [-0.05, 0) is 29.0 Å². The summed E-state index contributed by atoms with van der Waals surface area (Å²) in [7, 11) is 2.55. The summed E-state index contributed by atoms with van der Waals surface area (Å²) >= 11 is 0. The van der Waals surface area contributed by atoms with Gasteiger partial charge in [0.1, 0.15) is 5.75 Å². The second-order valence-electron chi connectivity index (χ2n) is 7.41. The Labute approximate surface area is 164 Å². The molecule has 0 aromatic heterocycles. The van der Waals surface area contributed by atoms with Gasteiger partial charge in [0.25, 0.3) is 0 Å². The number of hydrogen-bond acceptors (Lipinski definition) is 2. The van der Waals surface area contributed by atoms with Gasteiger partial charge in [0.05, 0.1) is 0 Å². The summed E-state index contributed by atoms with van der Waals surface area (Å²) in [6.07, 6.45) is 0.746. The highest BCUT2D eigenvalue weighted by molar-refractivity contribution is 7.48. The zero-order valence-electron chi connectivity index (χ0n) is 16.3. The number of para-hydroxylation sites is 1. The Morgan fingerprint density at radius 3 is 2.26 bits per heavy atom. The number of phenolic OH excluding ortho intramolecular Hbond substituents is 1. The molecule has 3 heteroatoms. The Balaban J connectivity index is 1.90. The lowest BCUT2D eigenvalue weighted by atomic mass is 9.95. The average Bonchev–Trinajstić information content (AvgIpc) is 2.66. The van der Waals surface area contributed by atoms with Crippen LogP contribution < -0.4 is 10.6 Å². The van der Waals surface area contributed by atoms with Crippen molar-refractivity contribution in [3.05, 3.63) is 95.1 Å². The summed E-state index contributed by atoms with van der Waals surface area (Å²) in [4.78, 5) is 0. The van der Waals surface area contributed by atoms with E-state index in [1.54, 1.807) is 0 Å². The molecule has 2 N–H and O–H groups in total. The predicted molar refractivity (Wildman–Crippen MR) is 118 cm³/mol. The fraction of sp³-hybridized carbons (Fsp3) is 0.250. The maximum Gasteiger partial charge on any atom is 0.123 e. The van der Waals surface area contributed by atoms with E-state index in [9.17, 15) is 5.11 Å². The van der Waals surface area contributed by atoms with Crippen molar-refractivity contribution in [1.29, 1.82) is 0 Å². The van der Waals surface area contributed by atoms with E-state index < -0.39 is 0 Å². The van der Waals surface area contributed by atoms with E-state index in [0.29, 0.717) is 14.3 Å². The topological polar surface area (TPSA) is 32.3 Å². The Hall–Kier alpha value is -2.15. The Bertz CT molecular complexity index is 890. The predicted octanol–water partition coefficient (Wildman–Crippen LogP) is 4.94. The number of aromatic hydroxyl groups is 1. The van der Waals surface area contributed by atoms with E-state index in [1.165, 1.54) is 16.4 Å².